The molecule has 2 aromatic rings. The number of carboxylic acids is 1. The molecular weight excluding hydrogens is 222 g/mol. The standard InChI is InChI=1S/C12H11NO4/c1-7(14)10-6-9(12(15)16)11-5-8(17-2)3-4-13(10)11/h3-6H,1-2H3,(H,15,16). The lowest BCUT2D eigenvalue weighted by atomic mass is 10.2. The molecule has 0 atom stereocenters. The number of pyridine rings is 1. The molecule has 0 aromatic carbocycles. The van der Waals surface area contributed by atoms with Gasteiger partial charge in [-0.15, -0.1) is 0 Å². The van der Waals surface area contributed by atoms with Crippen molar-refractivity contribution >= 4 is 17.3 Å². The second kappa shape index (κ2) is 3.93. The van der Waals surface area contributed by atoms with Crippen LogP contribution < -0.4 is 4.74 Å². The third kappa shape index (κ3) is 1.75. The van der Waals surface area contributed by atoms with Crippen molar-refractivity contribution in [1.29, 1.82) is 0 Å². The lowest BCUT2D eigenvalue weighted by Crippen LogP contribution is -1.98. The van der Waals surface area contributed by atoms with Gasteiger partial charge in [-0.1, -0.05) is 0 Å². The van der Waals surface area contributed by atoms with E-state index in [9.17, 15) is 9.59 Å². The Balaban J connectivity index is 2.81. The predicted octanol–water partition coefficient (Wildman–Crippen LogP) is 1.85. The quantitative estimate of drug-likeness (QED) is 0.821. The molecule has 0 unspecified atom stereocenters. The fraction of sp³-hybridized carbons (Fsp3) is 0.167. The van der Waals surface area contributed by atoms with E-state index >= 15 is 0 Å². The number of rotatable bonds is 3. The number of methoxy groups -OCH3 is 1. The topological polar surface area (TPSA) is 68.0 Å². The lowest BCUT2D eigenvalue weighted by molar-refractivity contribution is 0.0699. The van der Waals surface area contributed by atoms with Crippen LogP contribution >= 0.6 is 0 Å². The van der Waals surface area contributed by atoms with E-state index in [0.717, 1.165) is 0 Å². The Kier molecular flexibility index (Phi) is 2.59. The third-order valence-corrected chi connectivity index (χ3v) is 2.57. The molecule has 0 radical (unpaired) electrons. The smallest absolute Gasteiger partial charge is 0.337 e. The first-order valence-electron chi connectivity index (χ1n) is 4.98. The molecule has 2 rings (SSSR count). The van der Waals surface area contributed by atoms with Gasteiger partial charge in [0.05, 0.1) is 23.9 Å². The molecule has 0 spiro atoms. The van der Waals surface area contributed by atoms with Crippen molar-refractivity contribution < 1.29 is 19.4 Å². The Morgan fingerprint density at radius 2 is 2.06 bits per heavy atom. The van der Waals surface area contributed by atoms with Crippen molar-refractivity contribution in [2.75, 3.05) is 7.11 Å². The fourth-order valence-corrected chi connectivity index (χ4v) is 1.75. The van der Waals surface area contributed by atoms with Crippen molar-refractivity contribution in [2.24, 2.45) is 0 Å². The van der Waals surface area contributed by atoms with Crippen LogP contribution in [0.15, 0.2) is 24.4 Å². The van der Waals surface area contributed by atoms with E-state index < -0.39 is 5.97 Å². The largest absolute Gasteiger partial charge is 0.497 e. The summed E-state index contributed by atoms with van der Waals surface area (Å²) >= 11 is 0. The molecule has 0 fully saturated rings. The van der Waals surface area contributed by atoms with E-state index in [1.165, 1.54) is 20.1 Å². The number of carbonyl (C=O) groups is 2. The van der Waals surface area contributed by atoms with Crippen LogP contribution in [0.4, 0.5) is 0 Å². The van der Waals surface area contributed by atoms with Gasteiger partial charge in [0.15, 0.2) is 5.78 Å². The van der Waals surface area contributed by atoms with Gasteiger partial charge in [-0.05, 0) is 12.1 Å². The van der Waals surface area contributed by atoms with Crippen molar-refractivity contribution in [3.05, 3.63) is 35.7 Å². The van der Waals surface area contributed by atoms with Crippen LogP contribution in [0.2, 0.25) is 0 Å². The second-order valence-corrected chi connectivity index (χ2v) is 3.63. The molecule has 17 heavy (non-hydrogen) atoms. The van der Waals surface area contributed by atoms with Gasteiger partial charge in [-0.25, -0.2) is 4.79 Å². The average Bonchev–Trinajstić information content (AvgIpc) is 2.67. The van der Waals surface area contributed by atoms with Gasteiger partial charge in [-0.3, -0.25) is 4.79 Å². The SMILES string of the molecule is COc1ccn2c(C(C)=O)cc(C(=O)O)c2c1. The molecule has 5 nitrogen and oxygen atoms in total. The lowest BCUT2D eigenvalue weighted by Gasteiger charge is -2.03. The van der Waals surface area contributed by atoms with Crippen molar-refractivity contribution in [3.63, 3.8) is 0 Å². The molecule has 0 saturated carbocycles. The second-order valence-electron chi connectivity index (χ2n) is 3.63. The highest BCUT2D eigenvalue weighted by molar-refractivity contribution is 6.02. The minimum absolute atomic E-state index is 0.0918. The molecular formula is C12H11NO4. The van der Waals surface area contributed by atoms with Gasteiger partial charge in [-0.2, -0.15) is 0 Å². The first-order valence-corrected chi connectivity index (χ1v) is 4.98. The Labute approximate surface area is 97.2 Å². The van der Waals surface area contributed by atoms with E-state index in [2.05, 4.69) is 0 Å². The number of ketones is 1. The zero-order chi connectivity index (χ0) is 12.6. The van der Waals surface area contributed by atoms with Gasteiger partial charge in [0.2, 0.25) is 0 Å². The normalized spacial score (nSPS) is 10.5. The van der Waals surface area contributed by atoms with E-state index in [0.29, 0.717) is 17.0 Å². The van der Waals surface area contributed by atoms with Crippen LogP contribution in [0.3, 0.4) is 0 Å². The van der Waals surface area contributed by atoms with E-state index in [-0.39, 0.29) is 11.3 Å². The molecule has 0 aliphatic rings. The summed E-state index contributed by atoms with van der Waals surface area (Å²) in [6, 6.07) is 4.64. The molecule has 0 bridgehead atoms. The number of fused-ring (bicyclic) bond motifs is 1. The maximum atomic E-state index is 11.4. The number of aromatic carboxylic acids is 1. The zero-order valence-corrected chi connectivity index (χ0v) is 9.43. The number of hydrogen-bond donors (Lipinski definition) is 1. The molecule has 0 aliphatic carbocycles. The van der Waals surface area contributed by atoms with Gasteiger partial charge in [0, 0.05) is 19.2 Å². The average molecular weight is 233 g/mol. The molecule has 5 heteroatoms. The Morgan fingerprint density at radius 1 is 1.35 bits per heavy atom. The Hall–Kier alpha value is -2.30. The minimum atomic E-state index is -1.07. The van der Waals surface area contributed by atoms with Crippen LogP contribution in [-0.2, 0) is 0 Å². The number of hydrogen-bond acceptors (Lipinski definition) is 3. The molecule has 0 aliphatic heterocycles. The summed E-state index contributed by atoms with van der Waals surface area (Å²) < 4.78 is 6.59. The first-order chi connectivity index (χ1) is 8.04. The highest BCUT2D eigenvalue weighted by Crippen LogP contribution is 2.22. The molecule has 88 valence electrons. The van der Waals surface area contributed by atoms with Crippen LogP contribution in [0.1, 0.15) is 27.8 Å². The number of nitrogens with zero attached hydrogens (tertiary/aromatic N) is 1. The summed E-state index contributed by atoms with van der Waals surface area (Å²) in [6.45, 7) is 1.40. The summed E-state index contributed by atoms with van der Waals surface area (Å²) in [5, 5.41) is 9.08. The van der Waals surface area contributed by atoms with Crippen LogP contribution in [0.25, 0.3) is 5.52 Å². The number of carbonyl (C=O) groups excluding carboxylic acids is 1. The molecule has 2 heterocycles. The summed E-state index contributed by atoms with van der Waals surface area (Å²) in [4.78, 5) is 22.5. The van der Waals surface area contributed by atoms with Crippen LogP contribution in [0, 0.1) is 0 Å². The van der Waals surface area contributed by atoms with Gasteiger partial charge in [0.1, 0.15) is 5.75 Å². The van der Waals surface area contributed by atoms with Gasteiger partial charge in [0.25, 0.3) is 0 Å². The zero-order valence-electron chi connectivity index (χ0n) is 9.43. The van der Waals surface area contributed by atoms with E-state index in [1.54, 1.807) is 22.7 Å². The third-order valence-electron chi connectivity index (χ3n) is 2.57. The summed E-state index contributed by atoms with van der Waals surface area (Å²) in [5.41, 5.74) is 0.885. The van der Waals surface area contributed by atoms with Gasteiger partial charge >= 0.3 is 5.97 Å². The first kappa shape index (κ1) is 11.2. The number of carboxylic acid groups (broad SMARTS) is 1. The van der Waals surface area contributed by atoms with Crippen molar-refractivity contribution in [1.82, 2.24) is 4.40 Å². The summed E-state index contributed by atoms with van der Waals surface area (Å²) in [7, 11) is 1.50. The number of ether oxygens (including phenoxy) is 1. The predicted molar refractivity (Wildman–Crippen MR) is 60.9 cm³/mol. The Morgan fingerprint density at radius 3 is 2.59 bits per heavy atom. The maximum absolute atomic E-state index is 11.4. The molecule has 1 N–H and O–H groups in total. The Bertz CT molecular complexity index is 612. The van der Waals surface area contributed by atoms with E-state index in [1.807, 2.05) is 0 Å². The summed E-state index contributed by atoms with van der Waals surface area (Å²) in [5.74, 6) is -0.700. The summed E-state index contributed by atoms with van der Waals surface area (Å²) in [6.07, 6.45) is 1.62. The van der Waals surface area contributed by atoms with Crippen LogP contribution in [-0.4, -0.2) is 28.4 Å². The van der Waals surface area contributed by atoms with Crippen molar-refractivity contribution in [2.45, 2.75) is 6.92 Å². The highest BCUT2D eigenvalue weighted by Gasteiger charge is 2.17. The number of Topliss-reactive ketones (excluding diaryl/α,β-unsaturated/α-hetero) is 1. The van der Waals surface area contributed by atoms with Gasteiger partial charge < -0.3 is 14.2 Å². The van der Waals surface area contributed by atoms with E-state index in [4.69, 9.17) is 9.84 Å². The molecule has 0 amide bonds. The molecule has 0 saturated heterocycles. The molecule has 2 aromatic heterocycles. The maximum Gasteiger partial charge on any atom is 0.337 e. The van der Waals surface area contributed by atoms with Crippen molar-refractivity contribution in [3.8, 4) is 5.75 Å². The fourth-order valence-electron chi connectivity index (χ4n) is 1.75. The number of aromatic nitrogens is 1. The monoisotopic (exact) mass is 233 g/mol. The highest BCUT2D eigenvalue weighted by atomic mass is 16.5. The minimum Gasteiger partial charge on any atom is -0.497 e. The van der Waals surface area contributed by atoms with Crippen LogP contribution in [0.5, 0.6) is 5.75 Å².